The Morgan fingerprint density at radius 3 is 2.62 bits per heavy atom. The van der Waals surface area contributed by atoms with Gasteiger partial charge in [-0.05, 0) is 18.2 Å². The Kier molecular flexibility index (Phi) is 2.40. The minimum Gasteiger partial charge on any atom is -0.364 e. The van der Waals surface area contributed by atoms with Crippen molar-refractivity contribution in [3.05, 3.63) is 45.1 Å². The molecule has 2 rings (SSSR count). The molecule has 0 radical (unpaired) electrons. The van der Waals surface area contributed by atoms with Gasteiger partial charge in [0.25, 0.3) is 11.5 Å². The van der Waals surface area contributed by atoms with Gasteiger partial charge >= 0.3 is 0 Å². The number of nitrogens with two attached hydrogens (primary N) is 1. The monoisotopic (exact) mass is 240 g/mol. The van der Waals surface area contributed by atoms with Gasteiger partial charge in [-0.15, -0.1) is 0 Å². The molecule has 4 nitrogen and oxygen atoms in total. The second-order valence-corrected chi connectivity index (χ2v) is 3.66. The van der Waals surface area contributed by atoms with Crippen LogP contribution in [0.3, 0.4) is 0 Å². The second-order valence-electron chi connectivity index (χ2n) is 3.23. The number of aromatic amines is 1. The Bertz CT molecular complexity index is 651. The van der Waals surface area contributed by atoms with E-state index < -0.39 is 17.3 Å². The summed E-state index contributed by atoms with van der Waals surface area (Å²) in [6.07, 6.45) is 0. The minimum atomic E-state index is -0.826. The van der Waals surface area contributed by atoms with E-state index in [-0.39, 0.29) is 21.5 Å². The number of fused-ring (bicyclic) bond motifs is 1. The summed E-state index contributed by atoms with van der Waals surface area (Å²) in [5.41, 5.74) is 4.25. The molecule has 3 N–H and O–H groups in total. The maximum Gasteiger partial charge on any atom is 0.265 e. The lowest BCUT2D eigenvalue weighted by molar-refractivity contribution is 0.0995. The number of pyridine rings is 1. The summed E-state index contributed by atoms with van der Waals surface area (Å²) < 4.78 is 13.5. The first kappa shape index (κ1) is 10.6. The fraction of sp³-hybridized carbons (Fsp3) is 0. The maximum absolute atomic E-state index is 13.5. The molecule has 0 aliphatic rings. The van der Waals surface area contributed by atoms with Crippen LogP contribution in [0.15, 0.2) is 23.0 Å². The largest absolute Gasteiger partial charge is 0.364 e. The number of H-pyrrole nitrogens is 1. The van der Waals surface area contributed by atoms with E-state index in [4.69, 9.17) is 17.3 Å². The van der Waals surface area contributed by atoms with E-state index in [0.29, 0.717) is 0 Å². The second kappa shape index (κ2) is 3.61. The van der Waals surface area contributed by atoms with Gasteiger partial charge in [0, 0.05) is 10.4 Å². The zero-order valence-electron chi connectivity index (χ0n) is 7.88. The summed E-state index contributed by atoms with van der Waals surface area (Å²) >= 11 is 5.61. The molecule has 1 aromatic carbocycles. The van der Waals surface area contributed by atoms with Crippen molar-refractivity contribution in [3.8, 4) is 0 Å². The number of primary amides is 1. The van der Waals surface area contributed by atoms with Crippen LogP contribution in [-0.2, 0) is 0 Å². The Balaban J connectivity index is 2.93. The van der Waals surface area contributed by atoms with Crippen LogP contribution in [0.4, 0.5) is 4.39 Å². The molecule has 16 heavy (non-hydrogen) atoms. The number of rotatable bonds is 1. The van der Waals surface area contributed by atoms with Crippen molar-refractivity contribution < 1.29 is 9.18 Å². The van der Waals surface area contributed by atoms with Gasteiger partial charge in [-0.3, -0.25) is 9.59 Å². The first-order chi connectivity index (χ1) is 7.49. The highest BCUT2D eigenvalue weighted by atomic mass is 35.5. The van der Waals surface area contributed by atoms with Gasteiger partial charge in [-0.2, -0.15) is 0 Å². The van der Waals surface area contributed by atoms with Crippen LogP contribution in [0, 0.1) is 5.82 Å². The third-order valence-corrected chi connectivity index (χ3v) is 2.36. The highest BCUT2D eigenvalue weighted by molar-refractivity contribution is 6.31. The SMILES string of the molecule is NC(=O)c1cc2c(F)cc(Cl)cc2c(=O)[nH]1. The van der Waals surface area contributed by atoms with Crippen molar-refractivity contribution in [1.29, 1.82) is 0 Å². The lowest BCUT2D eigenvalue weighted by Crippen LogP contribution is -2.19. The van der Waals surface area contributed by atoms with E-state index in [1.165, 1.54) is 12.1 Å². The van der Waals surface area contributed by atoms with Gasteiger partial charge < -0.3 is 10.7 Å². The molecule has 0 saturated carbocycles. The average Bonchev–Trinajstić information content (AvgIpc) is 2.19. The zero-order valence-corrected chi connectivity index (χ0v) is 8.64. The van der Waals surface area contributed by atoms with Gasteiger partial charge in [0.2, 0.25) is 0 Å². The Hall–Kier alpha value is -1.88. The summed E-state index contributed by atoms with van der Waals surface area (Å²) in [5, 5.41) is 0.208. The van der Waals surface area contributed by atoms with E-state index >= 15 is 0 Å². The molecule has 0 fully saturated rings. The summed E-state index contributed by atoms with van der Waals surface area (Å²) in [6, 6.07) is 3.57. The van der Waals surface area contributed by atoms with Crippen LogP contribution in [0.2, 0.25) is 5.02 Å². The van der Waals surface area contributed by atoms with Gasteiger partial charge in [0.1, 0.15) is 11.5 Å². The highest BCUT2D eigenvalue weighted by Crippen LogP contribution is 2.20. The molecule has 1 aromatic heterocycles. The highest BCUT2D eigenvalue weighted by Gasteiger charge is 2.10. The number of nitrogens with one attached hydrogen (secondary N) is 1. The molecule has 1 heterocycles. The van der Waals surface area contributed by atoms with Crippen molar-refractivity contribution >= 4 is 28.3 Å². The summed E-state index contributed by atoms with van der Waals surface area (Å²) in [7, 11) is 0. The average molecular weight is 241 g/mol. The third-order valence-electron chi connectivity index (χ3n) is 2.14. The Morgan fingerprint density at radius 2 is 2.00 bits per heavy atom. The molecular formula is C10H6ClFN2O2. The molecule has 0 aliphatic heterocycles. The van der Waals surface area contributed by atoms with E-state index in [9.17, 15) is 14.0 Å². The molecule has 0 saturated heterocycles. The maximum atomic E-state index is 13.5. The number of halogens is 2. The smallest absolute Gasteiger partial charge is 0.265 e. The summed E-state index contributed by atoms with van der Waals surface area (Å²) in [5.74, 6) is -1.50. The van der Waals surface area contributed by atoms with Gasteiger partial charge in [-0.25, -0.2) is 4.39 Å². The fourth-order valence-electron chi connectivity index (χ4n) is 1.42. The van der Waals surface area contributed by atoms with Crippen molar-refractivity contribution in [2.75, 3.05) is 0 Å². The van der Waals surface area contributed by atoms with E-state index in [2.05, 4.69) is 4.98 Å². The first-order valence-corrected chi connectivity index (χ1v) is 4.68. The molecule has 82 valence electrons. The normalized spacial score (nSPS) is 10.6. The Morgan fingerprint density at radius 1 is 1.31 bits per heavy atom. The minimum absolute atomic E-state index is 0.0157. The molecule has 0 bridgehead atoms. The van der Waals surface area contributed by atoms with Gasteiger partial charge in [-0.1, -0.05) is 11.6 Å². The number of carbonyl (C=O) groups excluding carboxylic acids is 1. The van der Waals surface area contributed by atoms with Gasteiger partial charge in [0.15, 0.2) is 0 Å². The fourth-order valence-corrected chi connectivity index (χ4v) is 1.63. The number of hydrogen-bond donors (Lipinski definition) is 2. The molecule has 0 atom stereocenters. The number of hydrogen-bond acceptors (Lipinski definition) is 2. The molecule has 0 unspecified atom stereocenters. The molecule has 0 spiro atoms. The summed E-state index contributed by atoms with van der Waals surface area (Å²) in [6.45, 7) is 0. The van der Waals surface area contributed by atoms with E-state index in [0.717, 1.165) is 6.07 Å². The van der Waals surface area contributed by atoms with Crippen LogP contribution in [0.5, 0.6) is 0 Å². The number of carbonyl (C=O) groups is 1. The van der Waals surface area contributed by atoms with Crippen molar-refractivity contribution in [2.45, 2.75) is 0 Å². The quantitative estimate of drug-likeness (QED) is 0.791. The van der Waals surface area contributed by atoms with Crippen LogP contribution in [-0.4, -0.2) is 10.9 Å². The Labute approximate surface area is 93.8 Å². The topological polar surface area (TPSA) is 76.0 Å². The van der Waals surface area contributed by atoms with Crippen molar-refractivity contribution in [1.82, 2.24) is 4.98 Å². The molecule has 0 aliphatic carbocycles. The molecule has 2 aromatic rings. The molecule has 1 amide bonds. The standard InChI is InChI=1S/C10H6ClFN2O2/c11-4-1-6-5(7(12)2-4)3-8(9(13)15)14-10(6)16/h1-3H,(H2,13,15)(H,14,16). The zero-order chi connectivity index (χ0) is 11.9. The van der Waals surface area contributed by atoms with E-state index in [1.807, 2.05) is 0 Å². The third kappa shape index (κ3) is 1.65. The predicted molar refractivity (Wildman–Crippen MR) is 58.1 cm³/mol. The predicted octanol–water partition coefficient (Wildman–Crippen LogP) is 1.42. The van der Waals surface area contributed by atoms with Crippen LogP contribution in [0.25, 0.3) is 10.8 Å². The van der Waals surface area contributed by atoms with Crippen LogP contribution >= 0.6 is 11.6 Å². The first-order valence-electron chi connectivity index (χ1n) is 4.31. The number of benzene rings is 1. The lowest BCUT2D eigenvalue weighted by atomic mass is 10.1. The lowest BCUT2D eigenvalue weighted by Gasteiger charge is -2.02. The number of amides is 1. The van der Waals surface area contributed by atoms with Crippen LogP contribution < -0.4 is 11.3 Å². The molecule has 6 heteroatoms. The van der Waals surface area contributed by atoms with Gasteiger partial charge in [0.05, 0.1) is 5.39 Å². The van der Waals surface area contributed by atoms with Crippen molar-refractivity contribution in [3.63, 3.8) is 0 Å². The summed E-state index contributed by atoms with van der Waals surface area (Å²) in [4.78, 5) is 24.6. The van der Waals surface area contributed by atoms with E-state index in [1.54, 1.807) is 0 Å². The van der Waals surface area contributed by atoms with Crippen molar-refractivity contribution in [2.24, 2.45) is 5.73 Å². The molecular weight excluding hydrogens is 235 g/mol. The van der Waals surface area contributed by atoms with Crippen LogP contribution in [0.1, 0.15) is 10.5 Å². The number of aromatic nitrogens is 1.